The zero-order valence-electron chi connectivity index (χ0n) is 13.3. The van der Waals surface area contributed by atoms with E-state index in [0.717, 1.165) is 31.5 Å². The summed E-state index contributed by atoms with van der Waals surface area (Å²) in [7, 11) is 0. The molecule has 0 radical (unpaired) electrons. The van der Waals surface area contributed by atoms with Gasteiger partial charge in [0.05, 0.1) is 0 Å². The lowest BCUT2D eigenvalue weighted by Gasteiger charge is -2.20. The van der Waals surface area contributed by atoms with Crippen molar-refractivity contribution >= 4 is 5.65 Å². The molecule has 0 bridgehead atoms. The number of hydrogen-bond donors (Lipinski definition) is 2. The second-order valence-corrected chi connectivity index (χ2v) is 6.00. The second kappa shape index (κ2) is 6.85. The highest BCUT2D eigenvalue weighted by Gasteiger charge is 2.14. The van der Waals surface area contributed by atoms with Gasteiger partial charge in [-0.05, 0) is 32.2 Å². The van der Waals surface area contributed by atoms with Crippen LogP contribution in [0.1, 0.15) is 45.1 Å². The maximum absolute atomic E-state index is 11.6. The molecule has 0 spiro atoms. The summed E-state index contributed by atoms with van der Waals surface area (Å²) in [5, 5.41) is 10.1. The van der Waals surface area contributed by atoms with Crippen LogP contribution in [0.25, 0.3) is 5.65 Å². The van der Waals surface area contributed by atoms with Crippen LogP contribution in [0.2, 0.25) is 0 Å². The molecule has 0 amide bonds. The summed E-state index contributed by atoms with van der Waals surface area (Å²) in [5.41, 5.74) is 1.39. The van der Waals surface area contributed by atoms with Crippen LogP contribution < -0.4 is 11.0 Å². The Hall–Kier alpha value is -1.69. The average Bonchev–Trinajstić information content (AvgIpc) is 2.77. The first-order valence-corrected chi connectivity index (χ1v) is 7.68. The highest BCUT2D eigenvalue weighted by Crippen LogP contribution is 2.11. The van der Waals surface area contributed by atoms with E-state index < -0.39 is 0 Å². The third kappa shape index (κ3) is 3.91. The van der Waals surface area contributed by atoms with Gasteiger partial charge < -0.3 is 5.32 Å². The van der Waals surface area contributed by atoms with E-state index in [1.165, 1.54) is 4.40 Å². The molecule has 2 aromatic rings. The molecule has 1 unspecified atom stereocenters. The highest BCUT2D eigenvalue weighted by molar-refractivity contribution is 5.38. The molecule has 0 aliphatic heterocycles. The zero-order valence-corrected chi connectivity index (χ0v) is 13.3. The molecule has 0 saturated carbocycles. The molecule has 21 heavy (non-hydrogen) atoms. The van der Waals surface area contributed by atoms with Gasteiger partial charge in [0, 0.05) is 24.2 Å². The molecule has 2 N–H and O–H groups in total. The normalized spacial score (nSPS) is 13.2. The number of aryl methyl sites for hydroxylation is 1. The zero-order chi connectivity index (χ0) is 15.4. The van der Waals surface area contributed by atoms with Crippen molar-refractivity contribution in [3.63, 3.8) is 0 Å². The van der Waals surface area contributed by atoms with Crippen LogP contribution in [0.5, 0.6) is 0 Å². The summed E-state index contributed by atoms with van der Waals surface area (Å²) in [6.07, 6.45) is 3.09. The Morgan fingerprint density at radius 3 is 2.86 bits per heavy atom. The fourth-order valence-electron chi connectivity index (χ4n) is 2.67. The molecule has 0 aliphatic carbocycles. The minimum Gasteiger partial charge on any atom is -0.314 e. The van der Waals surface area contributed by atoms with Crippen molar-refractivity contribution in [2.45, 2.75) is 53.0 Å². The smallest absolute Gasteiger partial charge is 0.314 e. The fourth-order valence-corrected chi connectivity index (χ4v) is 2.67. The van der Waals surface area contributed by atoms with Crippen LogP contribution in [0, 0.1) is 12.8 Å². The lowest BCUT2D eigenvalue weighted by atomic mass is 9.99. The Bertz CT molecular complexity index is 643. The molecule has 2 rings (SSSR count). The minimum absolute atomic E-state index is 0.232. The Balaban J connectivity index is 2.21. The van der Waals surface area contributed by atoms with Crippen molar-refractivity contribution in [3.8, 4) is 0 Å². The average molecular weight is 291 g/mol. The molecule has 0 aromatic carbocycles. The Morgan fingerprint density at radius 2 is 2.19 bits per heavy atom. The van der Waals surface area contributed by atoms with E-state index in [4.69, 9.17) is 0 Å². The number of fused-ring (bicyclic) bond motifs is 1. The van der Waals surface area contributed by atoms with Crippen molar-refractivity contribution in [1.29, 1.82) is 0 Å². The first-order valence-electron chi connectivity index (χ1n) is 7.68. The summed E-state index contributed by atoms with van der Waals surface area (Å²) in [4.78, 5) is 16.2. The maximum Gasteiger partial charge on any atom is 0.349 e. The number of aromatic nitrogens is 4. The van der Waals surface area contributed by atoms with Crippen molar-refractivity contribution < 1.29 is 0 Å². The van der Waals surface area contributed by atoms with Crippen LogP contribution >= 0.6 is 0 Å². The third-order valence-corrected chi connectivity index (χ3v) is 3.52. The van der Waals surface area contributed by atoms with Gasteiger partial charge in [-0.15, -0.1) is 0 Å². The first-order chi connectivity index (χ1) is 10.0. The number of rotatable bonds is 7. The summed E-state index contributed by atoms with van der Waals surface area (Å²) < 4.78 is 1.50. The predicted octanol–water partition coefficient (Wildman–Crippen LogP) is 1.68. The van der Waals surface area contributed by atoms with E-state index in [1.807, 2.05) is 13.0 Å². The molecule has 2 aromatic heterocycles. The molecule has 1 atom stereocenters. The van der Waals surface area contributed by atoms with Gasteiger partial charge in [0.2, 0.25) is 0 Å². The fraction of sp³-hybridized carbons (Fsp3) is 0.667. The molecule has 116 valence electrons. The SMILES string of the molecule is CCCNC(Cc1cc2n[nH]c(=O)n2c(C)n1)CC(C)C. The largest absolute Gasteiger partial charge is 0.349 e. The number of hydrogen-bond acceptors (Lipinski definition) is 4. The summed E-state index contributed by atoms with van der Waals surface area (Å²) in [6.45, 7) is 9.49. The van der Waals surface area contributed by atoms with Gasteiger partial charge in [0.15, 0.2) is 5.65 Å². The lowest BCUT2D eigenvalue weighted by molar-refractivity contribution is 0.413. The Labute approximate surface area is 125 Å². The van der Waals surface area contributed by atoms with Crippen LogP contribution in [0.15, 0.2) is 10.9 Å². The molecule has 2 heterocycles. The second-order valence-electron chi connectivity index (χ2n) is 6.00. The molecule has 6 heteroatoms. The molecular formula is C15H25N5O. The van der Waals surface area contributed by atoms with E-state index in [9.17, 15) is 4.79 Å². The monoisotopic (exact) mass is 291 g/mol. The predicted molar refractivity (Wildman–Crippen MR) is 83.6 cm³/mol. The van der Waals surface area contributed by atoms with Gasteiger partial charge in [-0.1, -0.05) is 20.8 Å². The van der Waals surface area contributed by atoms with Crippen LogP contribution in [0.4, 0.5) is 0 Å². The Kier molecular flexibility index (Phi) is 5.12. The summed E-state index contributed by atoms with van der Waals surface area (Å²) in [5.74, 6) is 1.32. The first kappa shape index (κ1) is 15.7. The van der Waals surface area contributed by atoms with Gasteiger partial charge in [0.25, 0.3) is 0 Å². The van der Waals surface area contributed by atoms with Crippen molar-refractivity contribution in [2.24, 2.45) is 5.92 Å². The minimum atomic E-state index is -0.232. The third-order valence-electron chi connectivity index (χ3n) is 3.52. The van der Waals surface area contributed by atoms with E-state index in [2.05, 4.69) is 41.3 Å². The molecule has 6 nitrogen and oxygen atoms in total. The molecule has 0 aliphatic rings. The van der Waals surface area contributed by atoms with Crippen molar-refractivity contribution in [2.75, 3.05) is 6.54 Å². The standard InChI is InChI=1S/C15H25N5O/c1-5-6-16-12(7-10(2)3)8-13-9-14-18-19-15(21)20(14)11(4)17-13/h9-10,12,16H,5-8H2,1-4H3,(H,19,21). The highest BCUT2D eigenvalue weighted by atomic mass is 16.1. The molecule has 0 fully saturated rings. The van der Waals surface area contributed by atoms with Gasteiger partial charge in [0.1, 0.15) is 5.82 Å². The summed E-state index contributed by atoms with van der Waals surface area (Å²) in [6, 6.07) is 2.30. The van der Waals surface area contributed by atoms with Crippen LogP contribution in [-0.2, 0) is 6.42 Å². The van der Waals surface area contributed by atoms with E-state index in [1.54, 1.807) is 0 Å². The van der Waals surface area contributed by atoms with Gasteiger partial charge in [-0.25, -0.2) is 19.3 Å². The maximum atomic E-state index is 11.6. The number of nitrogens with zero attached hydrogens (tertiary/aromatic N) is 3. The topological polar surface area (TPSA) is 75.1 Å². The molecular weight excluding hydrogens is 266 g/mol. The van der Waals surface area contributed by atoms with E-state index >= 15 is 0 Å². The number of nitrogens with one attached hydrogen (secondary N) is 2. The Morgan fingerprint density at radius 1 is 1.43 bits per heavy atom. The lowest BCUT2D eigenvalue weighted by Crippen LogP contribution is -2.33. The van der Waals surface area contributed by atoms with Crippen LogP contribution in [-0.4, -0.2) is 32.2 Å². The van der Waals surface area contributed by atoms with Gasteiger partial charge in [-0.2, -0.15) is 5.10 Å². The molecule has 0 saturated heterocycles. The number of H-pyrrole nitrogens is 1. The summed E-state index contributed by atoms with van der Waals surface area (Å²) >= 11 is 0. The number of aromatic amines is 1. The van der Waals surface area contributed by atoms with E-state index in [0.29, 0.717) is 23.4 Å². The van der Waals surface area contributed by atoms with Crippen molar-refractivity contribution in [3.05, 3.63) is 28.1 Å². The van der Waals surface area contributed by atoms with Crippen LogP contribution in [0.3, 0.4) is 0 Å². The quantitative estimate of drug-likeness (QED) is 0.814. The van der Waals surface area contributed by atoms with Crippen molar-refractivity contribution in [1.82, 2.24) is 24.9 Å². The van der Waals surface area contributed by atoms with E-state index in [-0.39, 0.29) is 5.69 Å². The van der Waals surface area contributed by atoms with Gasteiger partial charge >= 0.3 is 5.69 Å². The van der Waals surface area contributed by atoms with Gasteiger partial charge in [-0.3, -0.25) is 0 Å².